The summed E-state index contributed by atoms with van der Waals surface area (Å²) < 4.78 is 0. The van der Waals surface area contributed by atoms with E-state index in [0.717, 1.165) is 38.6 Å². The quantitative estimate of drug-likeness (QED) is 0.510. The highest BCUT2D eigenvalue weighted by Crippen LogP contribution is 2.32. The van der Waals surface area contributed by atoms with Crippen molar-refractivity contribution in [3.63, 3.8) is 0 Å². The molecule has 1 saturated heterocycles. The normalized spacial score (nSPS) is 19.1. The Labute approximate surface area is 172 Å². The fourth-order valence-electron chi connectivity index (χ4n) is 4.59. The number of amides is 2. The largest absolute Gasteiger partial charge is 0.361 e. The number of nitrogens with zero attached hydrogens (tertiary/aromatic N) is 3. The summed E-state index contributed by atoms with van der Waals surface area (Å²) in [6.07, 6.45) is 4.01. The number of hydrazone groups is 1. The molecule has 2 aliphatic heterocycles. The molecular formula is C23H19N5O2. The van der Waals surface area contributed by atoms with Gasteiger partial charge in [-0.15, -0.1) is 0 Å². The second kappa shape index (κ2) is 6.32. The summed E-state index contributed by atoms with van der Waals surface area (Å²) in [6.45, 7) is 0.392. The van der Waals surface area contributed by atoms with E-state index in [-0.39, 0.29) is 18.4 Å². The van der Waals surface area contributed by atoms with E-state index in [1.165, 1.54) is 5.01 Å². The van der Waals surface area contributed by atoms with Crippen LogP contribution in [-0.4, -0.2) is 50.5 Å². The highest BCUT2D eigenvalue weighted by Gasteiger charge is 2.43. The first kappa shape index (κ1) is 17.0. The number of carbonyl (C=O) groups excluding carboxylic acids is 2. The number of fused-ring (bicyclic) bond motifs is 5. The van der Waals surface area contributed by atoms with Crippen molar-refractivity contribution in [1.82, 2.24) is 19.9 Å². The van der Waals surface area contributed by atoms with Crippen LogP contribution >= 0.6 is 0 Å². The topological polar surface area (TPSA) is 84.6 Å². The van der Waals surface area contributed by atoms with E-state index >= 15 is 0 Å². The van der Waals surface area contributed by atoms with Gasteiger partial charge in [0, 0.05) is 45.7 Å². The van der Waals surface area contributed by atoms with Crippen molar-refractivity contribution in [2.45, 2.75) is 19.0 Å². The Balaban J connectivity index is 1.32. The molecule has 0 radical (unpaired) electrons. The molecule has 0 aliphatic carbocycles. The minimum atomic E-state index is -0.516. The molecular weight excluding hydrogens is 378 g/mol. The summed E-state index contributed by atoms with van der Waals surface area (Å²) in [4.78, 5) is 34.3. The molecule has 2 amide bonds. The molecule has 7 heteroatoms. The van der Waals surface area contributed by atoms with Gasteiger partial charge in [0.05, 0.1) is 12.8 Å². The number of hydrogen-bond donors (Lipinski definition) is 2. The SMILES string of the molecule is O=C1[C@H]2Cc3c([nH]c4ccccc34)CN2C(=O)CN1/N=C\c1c[nH]c2ccccc12. The fourth-order valence-corrected chi connectivity index (χ4v) is 4.59. The van der Waals surface area contributed by atoms with Crippen molar-refractivity contribution >= 4 is 39.8 Å². The number of aromatic nitrogens is 2. The molecule has 2 aliphatic rings. The summed E-state index contributed by atoms with van der Waals surface area (Å²) in [5.41, 5.74) is 5.07. The summed E-state index contributed by atoms with van der Waals surface area (Å²) >= 11 is 0. The van der Waals surface area contributed by atoms with Crippen molar-refractivity contribution in [1.29, 1.82) is 0 Å². The van der Waals surface area contributed by atoms with Gasteiger partial charge < -0.3 is 14.9 Å². The van der Waals surface area contributed by atoms with Crippen LogP contribution in [-0.2, 0) is 22.6 Å². The van der Waals surface area contributed by atoms with Crippen LogP contribution in [0.5, 0.6) is 0 Å². The van der Waals surface area contributed by atoms with Gasteiger partial charge in [0.15, 0.2) is 0 Å². The first-order valence-electron chi connectivity index (χ1n) is 9.98. The van der Waals surface area contributed by atoms with Crippen molar-refractivity contribution in [3.8, 4) is 0 Å². The number of piperazine rings is 1. The van der Waals surface area contributed by atoms with Gasteiger partial charge in [-0.3, -0.25) is 9.59 Å². The lowest BCUT2D eigenvalue weighted by atomic mass is 9.94. The Hall–Kier alpha value is -3.87. The molecule has 7 nitrogen and oxygen atoms in total. The fraction of sp³-hybridized carbons (Fsp3) is 0.174. The zero-order valence-corrected chi connectivity index (χ0v) is 16.1. The Morgan fingerprint density at radius 1 is 0.967 bits per heavy atom. The highest BCUT2D eigenvalue weighted by molar-refractivity contribution is 6.01. The average Bonchev–Trinajstić information content (AvgIpc) is 3.35. The molecule has 4 aromatic rings. The van der Waals surface area contributed by atoms with E-state index in [1.807, 2.05) is 48.7 Å². The third-order valence-electron chi connectivity index (χ3n) is 6.11. The first-order chi connectivity index (χ1) is 14.7. The molecule has 30 heavy (non-hydrogen) atoms. The maximum atomic E-state index is 13.2. The van der Waals surface area contributed by atoms with Crippen LogP contribution < -0.4 is 0 Å². The van der Waals surface area contributed by atoms with E-state index in [2.05, 4.69) is 21.1 Å². The number of benzene rings is 2. The van der Waals surface area contributed by atoms with Crippen LogP contribution in [0, 0.1) is 0 Å². The number of para-hydroxylation sites is 2. The maximum Gasteiger partial charge on any atom is 0.266 e. The Morgan fingerprint density at radius 2 is 1.73 bits per heavy atom. The van der Waals surface area contributed by atoms with E-state index in [9.17, 15) is 9.59 Å². The second-order valence-corrected chi connectivity index (χ2v) is 7.80. The van der Waals surface area contributed by atoms with Crippen molar-refractivity contribution < 1.29 is 9.59 Å². The lowest BCUT2D eigenvalue weighted by Crippen LogP contribution is -2.60. The molecule has 6 rings (SSSR count). The number of rotatable bonds is 2. The number of hydrogen-bond acceptors (Lipinski definition) is 3. The molecule has 0 spiro atoms. The minimum absolute atomic E-state index is 0.0379. The van der Waals surface area contributed by atoms with E-state index in [1.54, 1.807) is 11.1 Å². The van der Waals surface area contributed by atoms with Crippen molar-refractivity contribution in [2.75, 3.05) is 6.54 Å². The van der Waals surface area contributed by atoms with Gasteiger partial charge in [-0.2, -0.15) is 5.10 Å². The van der Waals surface area contributed by atoms with Gasteiger partial charge >= 0.3 is 0 Å². The Kier molecular flexibility index (Phi) is 3.59. The standard InChI is InChI=1S/C23H19N5O2/c29-22-13-28(25-11-14-10-24-18-7-3-1-5-15(14)18)23(30)21-9-17-16-6-2-4-8-19(16)26-20(17)12-27(21)22/h1-8,10-11,21,24,26H,9,12-13H2/b25-11-/t21-/m1/s1. The molecule has 2 N–H and O–H groups in total. The third kappa shape index (κ3) is 2.48. The Morgan fingerprint density at radius 3 is 2.60 bits per heavy atom. The van der Waals surface area contributed by atoms with Gasteiger partial charge in [-0.25, -0.2) is 5.01 Å². The summed E-state index contributed by atoms with van der Waals surface area (Å²) in [5, 5.41) is 7.84. The van der Waals surface area contributed by atoms with E-state index < -0.39 is 6.04 Å². The molecule has 0 bridgehead atoms. The second-order valence-electron chi connectivity index (χ2n) is 7.80. The predicted octanol–water partition coefficient (Wildman–Crippen LogP) is 2.78. The van der Waals surface area contributed by atoms with E-state index in [4.69, 9.17) is 0 Å². The zero-order chi connectivity index (χ0) is 20.2. The highest BCUT2D eigenvalue weighted by atomic mass is 16.2. The zero-order valence-electron chi connectivity index (χ0n) is 16.1. The molecule has 0 saturated carbocycles. The molecule has 4 heterocycles. The molecule has 1 atom stereocenters. The molecule has 1 fully saturated rings. The van der Waals surface area contributed by atoms with Crippen LogP contribution in [0.15, 0.2) is 59.8 Å². The lowest BCUT2D eigenvalue weighted by Gasteiger charge is -2.40. The van der Waals surface area contributed by atoms with Crippen LogP contribution in [0.4, 0.5) is 0 Å². The van der Waals surface area contributed by atoms with Gasteiger partial charge in [0.25, 0.3) is 5.91 Å². The minimum Gasteiger partial charge on any atom is -0.361 e. The van der Waals surface area contributed by atoms with Gasteiger partial charge in [-0.1, -0.05) is 36.4 Å². The van der Waals surface area contributed by atoms with E-state index in [0.29, 0.717) is 13.0 Å². The summed E-state index contributed by atoms with van der Waals surface area (Å²) in [5.74, 6) is -0.221. The van der Waals surface area contributed by atoms with Crippen LogP contribution in [0.3, 0.4) is 0 Å². The number of H-pyrrole nitrogens is 2. The van der Waals surface area contributed by atoms with Crippen LogP contribution in [0.25, 0.3) is 21.8 Å². The van der Waals surface area contributed by atoms with Gasteiger partial charge in [-0.05, 0) is 17.7 Å². The number of carbonyl (C=O) groups is 2. The average molecular weight is 397 g/mol. The summed E-state index contributed by atoms with van der Waals surface area (Å²) in [6, 6.07) is 15.4. The molecule has 0 unspecified atom stereocenters. The molecule has 2 aromatic heterocycles. The monoisotopic (exact) mass is 397 g/mol. The molecule has 148 valence electrons. The lowest BCUT2D eigenvalue weighted by molar-refractivity contribution is -0.157. The maximum absolute atomic E-state index is 13.2. The van der Waals surface area contributed by atoms with Gasteiger partial charge in [0.2, 0.25) is 5.91 Å². The van der Waals surface area contributed by atoms with Crippen molar-refractivity contribution in [2.24, 2.45) is 5.10 Å². The van der Waals surface area contributed by atoms with Crippen LogP contribution in [0.1, 0.15) is 16.8 Å². The number of nitrogens with one attached hydrogen (secondary N) is 2. The Bertz CT molecular complexity index is 1350. The first-order valence-corrected chi connectivity index (χ1v) is 9.98. The smallest absolute Gasteiger partial charge is 0.266 e. The number of aromatic amines is 2. The predicted molar refractivity (Wildman–Crippen MR) is 114 cm³/mol. The van der Waals surface area contributed by atoms with Gasteiger partial charge in [0.1, 0.15) is 12.6 Å². The summed E-state index contributed by atoms with van der Waals surface area (Å²) in [7, 11) is 0. The van der Waals surface area contributed by atoms with Crippen molar-refractivity contribution in [3.05, 3.63) is 71.5 Å². The third-order valence-corrected chi connectivity index (χ3v) is 6.11. The molecule has 2 aromatic carbocycles. The van der Waals surface area contributed by atoms with Crippen LogP contribution in [0.2, 0.25) is 0 Å².